The molecule has 2 aromatic rings. The van der Waals surface area contributed by atoms with Crippen molar-refractivity contribution in [2.45, 2.75) is 32.7 Å². The summed E-state index contributed by atoms with van der Waals surface area (Å²) in [5.74, 6) is -0.868. The Bertz CT molecular complexity index is 697. The molecule has 5 heteroatoms. The molecule has 0 radical (unpaired) electrons. The first-order valence-corrected chi connectivity index (χ1v) is 8.45. The van der Waals surface area contributed by atoms with Crippen LogP contribution in [0.1, 0.15) is 25.8 Å². The molecule has 0 aliphatic carbocycles. The SMILES string of the molecule is CCOC(=O)C(C)CC(Cc1ccc(-c2ccccc2)cc1)[N+](=O)[O-]. The van der Waals surface area contributed by atoms with Crippen molar-refractivity contribution in [1.29, 1.82) is 0 Å². The van der Waals surface area contributed by atoms with Gasteiger partial charge in [-0.3, -0.25) is 14.9 Å². The molecule has 0 fully saturated rings. The Morgan fingerprint density at radius 1 is 1.08 bits per heavy atom. The molecule has 0 saturated carbocycles. The number of carbonyl (C=O) groups is 1. The van der Waals surface area contributed by atoms with E-state index in [-0.39, 0.29) is 23.9 Å². The fraction of sp³-hybridized carbons (Fsp3) is 0.350. The maximum absolute atomic E-state index is 11.7. The summed E-state index contributed by atoms with van der Waals surface area (Å²) in [5.41, 5.74) is 3.06. The van der Waals surface area contributed by atoms with Gasteiger partial charge >= 0.3 is 5.97 Å². The number of rotatable bonds is 8. The second kappa shape index (κ2) is 8.97. The molecule has 132 valence electrons. The minimum atomic E-state index is -0.804. The van der Waals surface area contributed by atoms with E-state index >= 15 is 0 Å². The summed E-state index contributed by atoms with van der Waals surface area (Å²) in [4.78, 5) is 22.8. The van der Waals surface area contributed by atoms with Crippen molar-refractivity contribution >= 4 is 5.97 Å². The van der Waals surface area contributed by atoms with Crippen molar-refractivity contribution in [2.75, 3.05) is 6.61 Å². The van der Waals surface area contributed by atoms with Crippen molar-refractivity contribution in [1.82, 2.24) is 0 Å². The van der Waals surface area contributed by atoms with Gasteiger partial charge in [-0.15, -0.1) is 0 Å². The molecule has 0 spiro atoms. The largest absolute Gasteiger partial charge is 0.466 e. The number of hydrogen-bond acceptors (Lipinski definition) is 4. The first kappa shape index (κ1) is 18.6. The van der Waals surface area contributed by atoms with Crippen LogP contribution in [0.2, 0.25) is 0 Å². The molecule has 0 N–H and O–H groups in total. The zero-order valence-corrected chi connectivity index (χ0v) is 14.6. The molecular formula is C20H23NO4. The Kier molecular flexibility index (Phi) is 6.69. The van der Waals surface area contributed by atoms with Crippen LogP contribution in [0, 0.1) is 16.0 Å². The van der Waals surface area contributed by atoms with Gasteiger partial charge < -0.3 is 4.74 Å². The van der Waals surface area contributed by atoms with E-state index in [9.17, 15) is 14.9 Å². The number of ether oxygens (including phenoxy) is 1. The van der Waals surface area contributed by atoms with E-state index in [1.807, 2.05) is 54.6 Å². The highest BCUT2D eigenvalue weighted by molar-refractivity contribution is 5.72. The Balaban J connectivity index is 2.04. The third kappa shape index (κ3) is 5.41. The van der Waals surface area contributed by atoms with Gasteiger partial charge in [0.05, 0.1) is 12.5 Å². The maximum atomic E-state index is 11.7. The number of esters is 1. The lowest BCUT2D eigenvalue weighted by Crippen LogP contribution is -2.28. The maximum Gasteiger partial charge on any atom is 0.308 e. The van der Waals surface area contributed by atoms with E-state index < -0.39 is 12.0 Å². The van der Waals surface area contributed by atoms with Crippen molar-refractivity contribution in [2.24, 2.45) is 5.92 Å². The van der Waals surface area contributed by atoms with E-state index in [2.05, 4.69) is 0 Å². The van der Waals surface area contributed by atoms with Crippen LogP contribution in [0.5, 0.6) is 0 Å². The summed E-state index contributed by atoms with van der Waals surface area (Å²) >= 11 is 0. The Labute approximate surface area is 147 Å². The third-order valence-corrected chi connectivity index (χ3v) is 4.15. The summed E-state index contributed by atoms with van der Waals surface area (Å²) in [7, 11) is 0. The fourth-order valence-electron chi connectivity index (χ4n) is 2.77. The highest BCUT2D eigenvalue weighted by Gasteiger charge is 2.27. The lowest BCUT2D eigenvalue weighted by molar-refractivity contribution is -0.524. The van der Waals surface area contributed by atoms with Crippen LogP contribution >= 0.6 is 0 Å². The van der Waals surface area contributed by atoms with Gasteiger partial charge in [-0.05, 0) is 23.6 Å². The number of nitrogens with zero attached hydrogens (tertiary/aromatic N) is 1. The average Bonchev–Trinajstić information content (AvgIpc) is 2.62. The van der Waals surface area contributed by atoms with Gasteiger partial charge in [0.2, 0.25) is 6.04 Å². The van der Waals surface area contributed by atoms with Gasteiger partial charge in [0.25, 0.3) is 0 Å². The molecular weight excluding hydrogens is 318 g/mol. The Morgan fingerprint density at radius 3 is 2.24 bits per heavy atom. The van der Waals surface area contributed by atoms with Gasteiger partial charge in [0, 0.05) is 17.8 Å². The summed E-state index contributed by atoms with van der Waals surface area (Å²) < 4.78 is 4.94. The van der Waals surface area contributed by atoms with E-state index in [1.54, 1.807) is 13.8 Å². The van der Waals surface area contributed by atoms with Crippen molar-refractivity contribution in [3.63, 3.8) is 0 Å². The molecule has 0 aliphatic heterocycles. The second-order valence-electron chi connectivity index (χ2n) is 6.10. The molecule has 25 heavy (non-hydrogen) atoms. The van der Waals surface area contributed by atoms with E-state index in [4.69, 9.17) is 4.74 Å². The van der Waals surface area contributed by atoms with Gasteiger partial charge in [-0.1, -0.05) is 61.5 Å². The molecule has 0 aromatic heterocycles. The zero-order chi connectivity index (χ0) is 18.2. The van der Waals surface area contributed by atoms with Crippen molar-refractivity contribution < 1.29 is 14.5 Å². The number of hydrogen-bond donors (Lipinski definition) is 0. The van der Waals surface area contributed by atoms with Gasteiger partial charge in [0.15, 0.2) is 0 Å². The molecule has 2 aromatic carbocycles. The average molecular weight is 341 g/mol. The lowest BCUT2D eigenvalue weighted by Gasteiger charge is -2.14. The molecule has 2 rings (SSSR count). The summed E-state index contributed by atoms with van der Waals surface area (Å²) in [5, 5.41) is 11.4. The molecule has 5 nitrogen and oxygen atoms in total. The molecule has 0 bridgehead atoms. The smallest absolute Gasteiger partial charge is 0.308 e. The number of carbonyl (C=O) groups excluding carboxylic acids is 1. The van der Waals surface area contributed by atoms with Crippen LogP contribution in [-0.2, 0) is 16.0 Å². The second-order valence-corrected chi connectivity index (χ2v) is 6.10. The lowest BCUT2D eigenvalue weighted by atomic mass is 9.95. The Hall–Kier alpha value is -2.69. The summed E-state index contributed by atoms with van der Waals surface area (Å²) in [6.45, 7) is 3.68. The van der Waals surface area contributed by atoms with Gasteiger partial charge in [0.1, 0.15) is 0 Å². The first-order valence-electron chi connectivity index (χ1n) is 8.45. The topological polar surface area (TPSA) is 69.4 Å². The van der Waals surface area contributed by atoms with E-state index in [0.29, 0.717) is 6.42 Å². The van der Waals surface area contributed by atoms with Gasteiger partial charge in [-0.2, -0.15) is 0 Å². The molecule has 0 saturated heterocycles. The molecule has 2 unspecified atom stereocenters. The highest BCUT2D eigenvalue weighted by Crippen LogP contribution is 2.21. The Morgan fingerprint density at radius 2 is 1.68 bits per heavy atom. The van der Waals surface area contributed by atoms with Gasteiger partial charge in [-0.25, -0.2) is 0 Å². The van der Waals surface area contributed by atoms with Crippen molar-refractivity contribution in [3.8, 4) is 11.1 Å². The normalized spacial score (nSPS) is 13.0. The molecule has 0 heterocycles. The van der Waals surface area contributed by atoms with Crippen LogP contribution in [-0.4, -0.2) is 23.5 Å². The molecule has 0 amide bonds. The highest BCUT2D eigenvalue weighted by atomic mass is 16.6. The predicted octanol–water partition coefficient (Wildman–Crippen LogP) is 4.13. The van der Waals surface area contributed by atoms with Crippen molar-refractivity contribution in [3.05, 3.63) is 70.3 Å². The van der Waals surface area contributed by atoms with Crippen LogP contribution in [0.3, 0.4) is 0 Å². The van der Waals surface area contributed by atoms with E-state index in [1.165, 1.54) is 0 Å². The molecule has 0 aliphatic rings. The quantitative estimate of drug-likeness (QED) is 0.411. The minimum absolute atomic E-state index is 0.173. The standard InChI is InChI=1S/C20H23NO4/c1-3-25-20(22)15(2)13-19(21(23)24)14-16-9-11-18(12-10-16)17-7-5-4-6-8-17/h4-12,15,19H,3,13-14H2,1-2H3. The third-order valence-electron chi connectivity index (χ3n) is 4.15. The van der Waals surface area contributed by atoms with Crippen LogP contribution in [0.4, 0.5) is 0 Å². The van der Waals surface area contributed by atoms with Crippen LogP contribution < -0.4 is 0 Å². The number of nitro groups is 1. The van der Waals surface area contributed by atoms with Crippen LogP contribution in [0.25, 0.3) is 11.1 Å². The fourth-order valence-corrected chi connectivity index (χ4v) is 2.77. The molecule has 2 atom stereocenters. The monoisotopic (exact) mass is 341 g/mol. The zero-order valence-electron chi connectivity index (χ0n) is 14.6. The number of benzene rings is 2. The summed E-state index contributed by atoms with van der Waals surface area (Å²) in [6.07, 6.45) is 0.470. The predicted molar refractivity (Wildman–Crippen MR) is 96.8 cm³/mol. The van der Waals surface area contributed by atoms with Crippen LogP contribution in [0.15, 0.2) is 54.6 Å². The van der Waals surface area contributed by atoms with E-state index in [0.717, 1.165) is 16.7 Å². The first-order chi connectivity index (χ1) is 12.0. The summed E-state index contributed by atoms with van der Waals surface area (Å²) in [6, 6.07) is 16.9. The minimum Gasteiger partial charge on any atom is -0.466 e.